The number of rotatable bonds is 3. The van der Waals surface area contributed by atoms with Crippen LogP contribution in [0.5, 0.6) is 0 Å². The SMILES string of the molecule is O=C(NCc1ccncc1)c1ccc2[nH]c3c(c2c1)CCCc1cn[nH]c1-3. The summed E-state index contributed by atoms with van der Waals surface area (Å²) in [5, 5.41) is 11.4. The maximum absolute atomic E-state index is 12.6. The maximum atomic E-state index is 12.6. The van der Waals surface area contributed by atoms with E-state index in [0.717, 1.165) is 47.1 Å². The number of carbonyl (C=O) groups is 1. The largest absolute Gasteiger partial charge is 0.353 e. The predicted octanol–water partition coefficient (Wildman–Crippen LogP) is 3.37. The van der Waals surface area contributed by atoms with Crippen molar-refractivity contribution >= 4 is 16.8 Å². The molecule has 6 nitrogen and oxygen atoms in total. The number of carbonyl (C=O) groups excluding carboxylic acids is 1. The molecule has 0 radical (unpaired) electrons. The van der Waals surface area contributed by atoms with E-state index in [-0.39, 0.29) is 5.91 Å². The molecule has 27 heavy (non-hydrogen) atoms. The zero-order chi connectivity index (χ0) is 18.2. The van der Waals surface area contributed by atoms with Gasteiger partial charge in [-0.05, 0) is 66.3 Å². The first-order valence-corrected chi connectivity index (χ1v) is 9.14. The van der Waals surface area contributed by atoms with E-state index in [1.807, 2.05) is 36.5 Å². The average Bonchev–Trinajstić information content (AvgIpc) is 3.27. The van der Waals surface area contributed by atoms with Gasteiger partial charge in [-0.15, -0.1) is 0 Å². The highest BCUT2D eigenvalue weighted by molar-refractivity contribution is 6.00. The normalized spacial score (nSPS) is 13.0. The minimum absolute atomic E-state index is 0.0699. The van der Waals surface area contributed by atoms with Gasteiger partial charge in [0.2, 0.25) is 0 Å². The molecule has 4 aromatic rings. The highest BCUT2D eigenvalue weighted by Gasteiger charge is 2.21. The van der Waals surface area contributed by atoms with E-state index in [0.29, 0.717) is 12.1 Å². The Morgan fingerprint density at radius 2 is 2.00 bits per heavy atom. The Labute approximate surface area is 156 Å². The Balaban J connectivity index is 1.47. The number of fused-ring (bicyclic) bond motifs is 5. The number of aryl methyl sites for hydroxylation is 2. The quantitative estimate of drug-likeness (QED) is 0.525. The van der Waals surface area contributed by atoms with E-state index in [4.69, 9.17) is 0 Å². The summed E-state index contributed by atoms with van der Waals surface area (Å²) >= 11 is 0. The molecule has 0 saturated heterocycles. The molecule has 6 heteroatoms. The lowest BCUT2D eigenvalue weighted by Gasteiger charge is -2.06. The van der Waals surface area contributed by atoms with E-state index in [1.165, 1.54) is 11.1 Å². The van der Waals surface area contributed by atoms with Crippen LogP contribution in [0.25, 0.3) is 22.3 Å². The van der Waals surface area contributed by atoms with Crippen LogP contribution in [0.2, 0.25) is 0 Å². The Bertz CT molecular complexity index is 1130. The number of benzene rings is 1. The van der Waals surface area contributed by atoms with Crippen LogP contribution in [0.1, 0.15) is 33.5 Å². The number of aromatic amines is 2. The zero-order valence-corrected chi connectivity index (χ0v) is 14.7. The van der Waals surface area contributed by atoms with Crippen LogP contribution in [0.4, 0.5) is 0 Å². The number of pyridine rings is 1. The van der Waals surface area contributed by atoms with Crippen LogP contribution in [0, 0.1) is 0 Å². The van der Waals surface area contributed by atoms with E-state index in [9.17, 15) is 4.79 Å². The Morgan fingerprint density at radius 1 is 1.11 bits per heavy atom. The Kier molecular flexibility index (Phi) is 3.74. The molecule has 5 rings (SSSR count). The fourth-order valence-corrected chi connectivity index (χ4v) is 3.82. The van der Waals surface area contributed by atoms with E-state index < -0.39 is 0 Å². The van der Waals surface area contributed by atoms with Gasteiger partial charge in [0, 0.05) is 35.4 Å². The molecule has 3 aromatic heterocycles. The number of H-pyrrole nitrogens is 2. The second-order valence-corrected chi connectivity index (χ2v) is 6.90. The summed E-state index contributed by atoms with van der Waals surface area (Å²) in [5.41, 5.74) is 7.43. The summed E-state index contributed by atoms with van der Waals surface area (Å²) in [7, 11) is 0. The Hall–Kier alpha value is -3.41. The van der Waals surface area contributed by atoms with Crippen LogP contribution in [0.3, 0.4) is 0 Å². The number of hydrogen-bond donors (Lipinski definition) is 3. The molecule has 0 aliphatic heterocycles. The first-order chi connectivity index (χ1) is 13.3. The van der Waals surface area contributed by atoms with Crippen molar-refractivity contribution in [3.8, 4) is 11.4 Å². The summed E-state index contributed by atoms with van der Waals surface area (Å²) < 4.78 is 0. The summed E-state index contributed by atoms with van der Waals surface area (Å²) in [4.78, 5) is 20.1. The molecule has 0 bridgehead atoms. The number of aromatic nitrogens is 4. The number of nitrogens with one attached hydrogen (secondary N) is 3. The van der Waals surface area contributed by atoms with Gasteiger partial charge in [0.1, 0.15) is 0 Å². The van der Waals surface area contributed by atoms with Crippen molar-refractivity contribution in [1.29, 1.82) is 0 Å². The minimum atomic E-state index is -0.0699. The van der Waals surface area contributed by atoms with E-state index >= 15 is 0 Å². The van der Waals surface area contributed by atoms with Crippen molar-refractivity contribution in [3.05, 3.63) is 71.2 Å². The smallest absolute Gasteiger partial charge is 0.251 e. The second-order valence-electron chi connectivity index (χ2n) is 6.90. The summed E-state index contributed by atoms with van der Waals surface area (Å²) in [6, 6.07) is 9.65. The molecule has 0 saturated carbocycles. The lowest BCUT2D eigenvalue weighted by Crippen LogP contribution is -2.22. The first kappa shape index (κ1) is 15.8. The molecule has 0 unspecified atom stereocenters. The van der Waals surface area contributed by atoms with Gasteiger partial charge in [0.05, 0.1) is 17.6 Å². The molecule has 1 amide bonds. The van der Waals surface area contributed by atoms with Gasteiger partial charge in [-0.3, -0.25) is 14.9 Å². The lowest BCUT2D eigenvalue weighted by atomic mass is 10.0. The topological polar surface area (TPSA) is 86.5 Å². The van der Waals surface area contributed by atoms with Crippen LogP contribution < -0.4 is 5.32 Å². The van der Waals surface area contributed by atoms with Gasteiger partial charge in [-0.1, -0.05) is 0 Å². The molecule has 0 atom stereocenters. The van der Waals surface area contributed by atoms with E-state index in [2.05, 4.69) is 25.5 Å². The van der Waals surface area contributed by atoms with Crippen molar-refractivity contribution in [3.63, 3.8) is 0 Å². The summed E-state index contributed by atoms with van der Waals surface area (Å²) in [6.45, 7) is 0.488. The zero-order valence-electron chi connectivity index (χ0n) is 14.7. The van der Waals surface area contributed by atoms with Crippen LogP contribution >= 0.6 is 0 Å². The number of hydrogen-bond acceptors (Lipinski definition) is 3. The van der Waals surface area contributed by atoms with Crippen molar-refractivity contribution in [1.82, 2.24) is 25.5 Å². The monoisotopic (exact) mass is 357 g/mol. The van der Waals surface area contributed by atoms with Crippen LogP contribution in [-0.2, 0) is 19.4 Å². The van der Waals surface area contributed by atoms with Crippen molar-refractivity contribution in [2.75, 3.05) is 0 Å². The van der Waals surface area contributed by atoms with Crippen LogP contribution in [-0.4, -0.2) is 26.1 Å². The number of nitrogens with zero attached hydrogens (tertiary/aromatic N) is 2. The molecule has 134 valence electrons. The van der Waals surface area contributed by atoms with Crippen molar-refractivity contribution < 1.29 is 4.79 Å². The molecular formula is C21H19N5O. The summed E-state index contributed by atoms with van der Waals surface area (Å²) in [5.74, 6) is -0.0699. The first-order valence-electron chi connectivity index (χ1n) is 9.14. The Morgan fingerprint density at radius 3 is 2.89 bits per heavy atom. The van der Waals surface area contributed by atoms with Crippen LogP contribution in [0.15, 0.2) is 48.9 Å². The van der Waals surface area contributed by atoms with E-state index in [1.54, 1.807) is 12.4 Å². The molecule has 1 aliphatic carbocycles. The molecular weight excluding hydrogens is 338 g/mol. The van der Waals surface area contributed by atoms with Crippen molar-refractivity contribution in [2.24, 2.45) is 0 Å². The van der Waals surface area contributed by atoms with Gasteiger partial charge >= 0.3 is 0 Å². The third-order valence-electron chi connectivity index (χ3n) is 5.21. The van der Waals surface area contributed by atoms with Gasteiger partial charge in [0.15, 0.2) is 0 Å². The molecule has 0 spiro atoms. The summed E-state index contributed by atoms with van der Waals surface area (Å²) in [6.07, 6.45) is 8.44. The highest BCUT2D eigenvalue weighted by Crippen LogP contribution is 2.35. The van der Waals surface area contributed by atoms with Crippen molar-refractivity contribution in [2.45, 2.75) is 25.8 Å². The molecule has 3 N–H and O–H groups in total. The molecule has 3 heterocycles. The average molecular weight is 357 g/mol. The molecule has 1 aromatic carbocycles. The highest BCUT2D eigenvalue weighted by atomic mass is 16.1. The van der Waals surface area contributed by atoms with Gasteiger partial charge in [-0.2, -0.15) is 5.10 Å². The fourth-order valence-electron chi connectivity index (χ4n) is 3.82. The van der Waals surface area contributed by atoms with Gasteiger partial charge < -0.3 is 10.3 Å². The third-order valence-corrected chi connectivity index (χ3v) is 5.21. The van der Waals surface area contributed by atoms with Gasteiger partial charge in [0.25, 0.3) is 5.91 Å². The maximum Gasteiger partial charge on any atom is 0.251 e. The second kappa shape index (κ2) is 6.39. The molecule has 1 aliphatic rings. The molecule has 0 fully saturated rings. The minimum Gasteiger partial charge on any atom is -0.353 e. The fraction of sp³-hybridized carbons (Fsp3) is 0.190. The van der Waals surface area contributed by atoms with Gasteiger partial charge in [-0.25, -0.2) is 0 Å². The predicted molar refractivity (Wildman–Crippen MR) is 103 cm³/mol. The standard InChI is InChI=1S/C21H19N5O/c27-21(23-11-13-6-8-22-9-7-13)14-4-5-18-17(10-14)16-3-1-2-15-12-24-26-19(15)20(16)25-18/h4-10,12,25H,1-3,11H2,(H,23,27)(H,24,26). The lowest BCUT2D eigenvalue weighted by molar-refractivity contribution is 0.0951. The third kappa shape index (κ3) is 2.79. The number of amides is 1.